The average molecular weight is 216 g/mol. The molecule has 0 amide bonds. The van der Waals surface area contributed by atoms with Crippen LogP contribution in [-0.4, -0.2) is 32.0 Å². The highest BCUT2D eigenvalue weighted by Gasteiger charge is 2.29. The van der Waals surface area contributed by atoms with Crippen molar-refractivity contribution in [2.75, 3.05) is 11.5 Å². The monoisotopic (exact) mass is 216 g/mol. The molecule has 1 fully saturated rings. The van der Waals surface area contributed by atoms with Crippen molar-refractivity contribution in [3.63, 3.8) is 0 Å². The van der Waals surface area contributed by atoms with E-state index >= 15 is 0 Å². The van der Waals surface area contributed by atoms with Crippen molar-refractivity contribution in [2.24, 2.45) is 5.92 Å². The third kappa shape index (κ3) is 2.96. The fraction of sp³-hybridized carbons (Fsp3) is 0.889. The molecule has 0 aliphatic carbocycles. The highest BCUT2D eigenvalue weighted by Crippen LogP contribution is 2.13. The maximum absolute atomic E-state index is 11.2. The molecule has 1 heterocycles. The lowest BCUT2D eigenvalue weighted by Gasteiger charge is -2.19. The first kappa shape index (κ1) is 11.5. The molecule has 1 saturated heterocycles. The first-order valence-electron chi connectivity index (χ1n) is 4.80. The van der Waals surface area contributed by atoms with Gasteiger partial charge in [-0.15, -0.1) is 0 Å². The second kappa shape index (κ2) is 4.28. The van der Waals surface area contributed by atoms with E-state index in [9.17, 15) is 8.42 Å². The first-order chi connectivity index (χ1) is 6.44. The van der Waals surface area contributed by atoms with Crippen LogP contribution in [-0.2, 0) is 9.84 Å². The molecule has 1 rings (SSSR count). The van der Waals surface area contributed by atoms with Crippen LogP contribution in [0.3, 0.4) is 0 Å². The smallest absolute Gasteiger partial charge is 0.151 e. The van der Waals surface area contributed by atoms with Crippen molar-refractivity contribution in [1.82, 2.24) is 5.32 Å². The van der Waals surface area contributed by atoms with Crippen LogP contribution in [0.15, 0.2) is 0 Å². The lowest BCUT2D eigenvalue weighted by Crippen LogP contribution is -2.40. The van der Waals surface area contributed by atoms with Crippen LogP contribution in [0, 0.1) is 17.2 Å². The van der Waals surface area contributed by atoms with E-state index in [0.29, 0.717) is 6.42 Å². The summed E-state index contributed by atoms with van der Waals surface area (Å²) in [5, 5.41) is 11.9. The summed E-state index contributed by atoms with van der Waals surface area (Å²) in [7, 11) is -2.82. The molecular formula is C9H16N2O2S. The predicted octanol–water partition coefficient (Wildman–Crippen LogP) is 0.311. The molecule has 0 aromatic rings. The minimum absolute atomic E-state index is 0.0331. The van der Waals surface area contributed by atoms with Gasteiger partial charge in [0.25, 0.3) is 0 Å². The summed E-state index contributed by atoms with van der Waals surface area (Å²) in [6, 6.07) is 2.23. The maximum Gasteiger partial charge on any atom is 0.151 e. The fourth-order valence-electron chi connectivity index (χ4n) is 1.55. The van der Waals surface area contributed by atoms with Gasteiger partial charge in [-0.2, -0.15) is 5.26 Å². The molecule has 0 bridgehead atoms. The van der Waals surface area contributed by atoms with Gasteiger partial charge >= 0.3 is 0 Å². The third-order valence-corrected chi connectivity index (χ3v) is 4.45. The minimum atomic E-state index is -2.82. The number of nitriles is 1. The summed E-state index contributed by atoms with van der Waals surface area (Å²) in [5.41, 5.74) is 0. The van der Waals surface area contributed by atoms with Crippen molar-refractivity contribution in [3.05, 3.63) is 0 Å². The fourth-order valence-corrected chi connectivity index (χ4v) is 3.24. The standard InChI is InChI=1S/C9H16N2O2S/c1-7(5-10)8(2)11-9-3-4-14(12,13)6-9/h7-9,11H,3-4,6H2,1-2H3. The van der Waals surface area contributed by atoms with E-state index in [0.717, 1.165) is 0 Å². The molecular weight excluding hydrogens is 200 g/mol. The molecule has 1 aliphatic rings. The molecule has 14 heavy (non-hydrogen) atoms. The van der Waals surface area contributed by atoms with Crippen LogP contribution in [0.25, 0.3) is 0 Å². The SMILES string of the molecule is CC(C#N)C(C)NC1CCS(=O)(=O)C1. The molecule has 1 aliphatic heterocycles. The quantitative estimate of drug-likeness (QED) is 0.737. The summed E-state index contributed by atoms with van der Waals surface area (Å²) in [4.78, 5) is 0. The van der Waals surface area contributed by atoms with Crippen LogP contribution < -0.4 is 5.32 Å². The summed E-state index contributed by atoms with van der Waals surface area (Å²) in [6.45, 7) is 3.75. The molecule has 0 spiro atoms. The highest BCUT2D eigenvalue weighted by atomic mass is 32.2. The van der Waals surface area contributed by atoms with Gasteiger partial charge in [0.15, 0.2) is 9.84 Å². The van der Waals surface area contributed by atoms with Gasteiger partial charge in [0, 0.05) is 12.1 Å². The summed E-state index contributed by atoms with van der Waals surface area (Å²) in [5.74, 6) is 0.409. The Morgan fingerprint density at radius 3 is 2.57 bits per heavy atom. The number of nitrogens with zero attached hydrogens (tertiary/aromatic N) is 1. The summed E-state index contributed by atoms with van der Waals surface area (Å²) in [6.07, 6.45) is 0.671. The van der Waals surface area contributed by atoms with Crippen LogP contribution in [0.4, 0.5) is 0 Å². The van der Waals surface area contributed by atoms with Crippen LogP contribution in [0.2, 0.25) is 0 Å². The maximum atomic E-state index is 11.2. The molecule has 0 aromatic carbocycles. The lowest BCUT2D eigenvalue weighted by molar-refractivity contribution is 0.416. The summed E-state index contributed by atoms with van der Waals surface area (Å²) < 4.78 is 22.3. The van der Waals surface area contributed by atoms with Gasteiger partial charge < -0.3 is 5.32 Å². The second-order valence-electron chi connectivity index (χ2n) is 3.97. The Labute approximate surface area is 85.2 Å². The van der Waals surface area contributed by atoms with E-state index < -0.39 is 9.84 Å². The number of hydrogen-bond acceptors (Lipinski definition) is 4. The Hall–Kier alpha value is -0.600. The molecule has 1 N–H and O–H groups in total. The zero-order valence-corrected chi connectivity index (χ0v) is 9.34. The molecule has 3 unspecified atom stereocenters. The molecule has 0 radical (unpaired) electrons. The van der Waals surface area contributed by atoms with Crippen LogP contribution >= 0.6 is 0 Å². The first-order valence-corrected chi connectivity index (χ1v) is 6.63. The van der Waals surface area contributed by atoms with Crippen molar-refractivity contribution < 1.29 is 8.42 Å². The zero-order chi connectivity index (χ0) is 10.8. The van der Waals surface area contributed by atoms with E-state index in [2.05, 4.69) is 11.4 Å². The van der Waals surface area contributed by atoms with E-state index in [4.69, 9.17) is 5.26 Å². The molecule has 0 saturated carbocycles. The van der Waals surface area contributed by atoms with E-state index in [-0.39, 0.29) is 29.5 Å². The number of rotatable bonds is 3. The molecule has 80 valence electrons. The topological polar surface area (TPSA) is 70.0 Å². The van der Waals surface area contributed by atoms with Crippen molar-refractivity contribution >= 4 is 9.84 Å². The van der Waals surface area contributed by atoms with Crippen LogP contribution in [0.5, 0.6) is 0 Å². The Kier molecular flexibility index (Phi) is 3.51. The molecule has 3 atom stereocenters. The van der Waals surface area contributed by atoms with Crippen LogP contribution in [0.1, 0.15) is 20.3 Å². The van der Waals surface area contributed by atoms with Gasteiger partial charge in [0.05, 0.1) is 23.5 Å². The normalized spacial score (nSPS) is 29.4. The highest BCUT2D eigenvalue weighted by molar-refractivity contribution is 7.91. The minimum Gasteiger partial charge on any atom is -0.309 e. The Morgan fingerprint density at radius 2 is 2.14 bits per heavy atom. The average Bonchev–Trinajstić information content (AvgIpc) is 2.44. The predicted molar refractivity (Wildman–Crippen MR) is 54.4 cm³/mol. The Balaban J connectivity index is 2.44. The van der Waals surface area contributed by atoms with Gasteiger partial charge in [0.2, 0.25) is 0 Å². The van der Waals surface area contributed by atoms with Gasteiger partial charge in [-0.25, -0.2) is 8.42 Å². The molecule has 5 heteroatoms. The van der Waals surface area contributed by atoms with Gasteiger partial charge in [-0.1, -0.05) is 0 Å². The molecule has 4 nitrogen and oxygen atoms in total. The van der Waals surface area contributed by atoms with Gasteiger partial charge in [-0.3, -0.25) is 0 Å². The van der Waals surface area contributed by atoms with Crippen molar-refractivity contribution in [3.8, 4) is 6.07 Å². The number of hydrogen-bond donors (Lipinski definition) is 1. The second-order valence-corrected chi connectivity index (χ2v) is 6.20. The van der Waals surface area contributed by atoms with E-state index in [1.807, 2.05) is 13.8 Å². The number of sulfone groups is 1. The Bertz CT molecular complexity index is 331. The largest absolute Gasteiger partial charge is 0.309 e. The van der Waals surface area contributed by atoms with Gasteiger partial charge in [0.1, 0.15) is 0 Å². The van der Waals surface area contributed by atoms with Crippen molar-refractivity contribution in [1.29, 1.82) is 5.26 Å². The summed E-state index contributed by atoms with van der Waals surface area (Å²) >= 11 is 0. The Morgan fingerprint density at radius 1 is 1.50 bits per heavy atom. The number of nitrogens with one attached hydrogen (secondary N) is 1. The lowest BCUT2D eigenvalue weighted by atomic mass is 10.0. The van der Waals surface area contributed by atoms with Crippen molar-refractivity contribution in [2.45, 2.75) is 32.4 Å². The zero-order valence-electron chi connectivity index (χ0n) is 8.53. The van der Waals surface area contributed by atoms with E-state index in [1.165, 1.54) is 0 Å². The van der Waals surface area contributed by atoms with Gasteiger partial charge in [-0.05, 0) is 20.3 Å². The van der Waals surface area contributed by atoms with E-state index in [1.54, 1.807) is 0 Å². The molecule has 0 aromatic heterocycles. The third-order valence-electron chi connectivity index (χ3n) is 2.68.